The van der Waals surface area contributed by atoms with Gasteiger partial charge in [0, 0.05) is 18.9 Å². The maximum Gasteiger partial charge on any atom is 0.268 e. The predicted molar refractivity (Wildman–Crippen MR) is 94.7 cm³/mol. The largest absolute Gasteiger partial charge is 0.464 e. The Kier molecular flexibility index (Phi) is 5.00. The van der Waals surface area contributed by atoms with Gasteiger partial charge in [-0.25, -0.2) is 0 Å². The number of carbonyl (C=O) groups is 1. The second-order valence-electron chi connectivity index (χ2n) is 5.74. The van der Waals surface area contributed by atoms with Crippen LogP contribution in [0.1, 0.15) is 35.0 Å². The lowest BCUT2D eigenvalue weighted by molar-refractivity contribution is 0.0877. The number of amides is 1. The van der Waals surface area contributed by atoms with Crippen molar-refractivity contribution in [3.05, 3.63) is 70.0 Å². The fourth-order valence-corrected chi connectivity index (χ4v) is 2.70. The van der Waals surface area contributed by atoms with Gasteiger partial charge < -0.3 is 19.5 Å². The molecule has 0 saturated heterocycles. The number of nitrogens with one attached hydrogen (secondary N) is 2. The normalized spacial score (nSPS) is 12.2. The number of hydrogen-bond donors (Lipinski definition) is 2. The number of aryl methyl sites for hydroxylation is 1. The van der Waals surface area contributed by atoms with Gasteiger partial charge in [-0.2, -0.15) is 0 Å². The third kappa shape index (κ3) is 3.64. The van der Waals surface area contributed by atoms with Crippen LogP contribution in [0.4, 0.5) is 0 Å². The molecule has 0 fully saturated rings. The van der Waals surface area contributed by atoms with Crippen molar-refractivity contribution in [2.75, 3.05) is 13.7 Å². The van der Waals surface area contributed by atoms with E-state index in [9.17, 15) is 9.59 Å². The minimum atomic E-state index is -0.437. The second kappa shape index (κ2) is 7.36. The van der Waals surface area contributed by atoms with Crippen molar-refractivity contribution >= 4 is 16.7 Å². The van der Waals surface area contributed by atoms with E-state index in [1.54, 1.807) is 31.4 Å². The van der Waals surface area contributed by atoms with Crippen molar-refractivity contribution in [1.29, 1.82) is 0 Å². The summed E-state index contributed by atoms with van der Waals surface area (Å²) in [7, 11) is 1.56. The average molecular weight is 340 g/mol. The zero-order chi connectivity index (χ0) is 17.8. The molecule has 6 heteroatoms. The fourth-order valence-electron chi connectivity index (χ4n) is 2.70. The quantitative estimate of drug-likeness (QED) is 0.723. The van der Waals surface area contributed by atoms with Gasteiger partial charge >= 0.3 is 0 Å². The SMILES string of the molecule is CCc1ccc(C(COC)NC(=O)c2cc3ccccc3c(=O)[nH]2)o1. The highest BCUT2D eigenvalue weighted by molar-refractivity contribution is 5.96. The van der Waals surface area contributed by atoms with Crippen LogP contribution in [0.5, 0.6) is 0 Å². The lowest BCUT2D eigenvalue weighted by atomic mass is 10.1. The van der Waals surface area contributed by atoms with Crippen LogP contribution in [0.2, 0.25) is 0 Å². The highest BCUT2D eigenvalue weighted by Crippen LogP contribution is 2.18. The molecule has 0 aliphatic carbocycles. The Labute approximate surface area is 144 Å². The van der Waals surface area contributed by atoms with Gasteiger partial charge in [0.05, 0.1) is 6.61 Å². The van der Waals surface area contributed by atoms with Crippen LogP contribution in [0.15, 0.2) is 51.7 Å². The van der Waals surface area contributed by atoms with E-state index in [0.29, 0.717) is 16.5 Å². The average Bonchev–Trinajstić information content (AvgIpc) is 3.10. The smallest absolute Gasteiger partial charge is 0.268 e. The molecule has 6 nitrogen and oxygen atoms in total. The summed E-state index contributed by atoms with van der Waals surface area (Å²) in [4.78, 5) is 27.4. The van der Waals surface area contributed by atoms with Gasteiger partial charge in [0.2, 0.25) is 0 Å². The Morgan fingerprint density at radius 3 is 2.80 bits per heavy atom. The summed E-state index contributed by atoms with van der Waals surface area (Å²) < 4.78 is 10.9. The van der Waals surface area contributed by atoms with Crippen LogP contribution >= 0.6 is 0 Å². The predicted octanol–water partition coefficient (Wildman–Crippen LogP) is 2.80. The number of aromatic nitrogens is 1. The van der Waals surface area contributed by atoms with E-state index >= 15 is 0 Å². The molecule has 3 rings (SSSR count). The number of benzene rings is 1. The molecule has 0 radical (unpaired) electrons. The number of furan rings is 1. The summed E-state index contributed by atoms with van der Waals surface area (Å²) in [5.74, 6) is 1.07. The molecule has 2 N–H and O–H groups in total. The van der Waals surface area contributed by atoms with E-state index in [-0.39, 0.29) is 23.8 Å². The molecule has 0 spiro atoms. The van der Waals surface area contributed by atoms with Crippen molar-refractivity contribution < 1.29 is 13.9 Å². The minimum Gasteiger partial charge on any atom is -0.464 e. The molecule has 0 aliphatic heterocycles. The number of aromatic amines is 1. The lowest BCUT2D eigenvalue weighted by Gasteiger charge is -2.16. The summed E-state index contributed by atoms with van der Waals surface area (Å²) in [6.07, 6.45) is 0.769. The maximum absolute atomic E-state index is 12.6. The van der Waals surface area contributed by atoms with Gasteiger partial charge in [0.1, 0.15) is 23.3 Å². The van der Waals surface area contributed by atoms with E-state index in [1.807, 2.05) is 25.1 Å². The molecule has 1 aromatic carbocycles. The van der Waals surface area contributed by atoms with Crippen molar-refractivity contribution in [2.24, 2.45) is 0 Å². The number of carbonyl (C=O) groups excluding carboxylic acids is 1. The molecule has 1 amide bonds. The number of rotatable bonds is 6. The third-order valence-corrected chi connectivity index (χ3v) is 4.01. The molecule has 1 unspecified atom stereocenters. The molecule has 2 aromatic heterocycles. The maximum atomic E-state index is 12.6. The first-order valence-corrected chi connectivity index (χ1v) is 8.13. The van der Waals surface area contributed by atoms with Gasteiger partial charge in [0.25, 0.3) is 11.5 Å². The number of ether oxygens (including phenoxy) is 1. The summed E-state index contributed by atoms with van der Waals surface area (Å²) >= 11 is 0. The molecule has 1 atom stereocenters. The van der Waals surface area contributed by atoms with Crippen LogP contribution in [-0.2, 0) is 11.2 Å². The van der Waals surface area contributed by atoms with Crippen LogP contribution in [0.3, 0.4) is 0 Å². The molecular weight excluding hydrogens is 320 g/mol. The third-order valence-electron chi connectivity index (χ3n) is 4.01. The Hall–Kier alpha value is -2.86. The first kappa shape index (κ1) is 17.0. The molecule has 2 heterocycles. The summed E-state index contributed by atoms with van der Waals surface area (Å²) in [5.41, 5.74) is -0.0927. The van der Waals surface area contributed by atoms with Crippen molar-refractivity contribution in [3.63, 3.8) is 0 Å². The Morgan fingerprint density at radius 2 is 2.08 bits per heavy atom. The minimum absolute atomic E-state index is 0.201. The summed E-state index contributed by atoms with van der Waals surface area (Å²) in [6, 6.07) is 12.1. The number of H-pyrrole nitrogens is 1. The number of fused-ring (bicyclic) bond motifs is 1. The van der Waals surface area contributed by atoms with Crippen LogP contribution in [0, 0.1) is 0 Å². The van der Waals surface area contributed by atoms with Crippen LogP contribution < -0.4 is 10.9 Å². The zero-order valence-corrected chi connectivity index (χ0v) is 14.2. The topological polar surface area (TPSA) is 84.3 Å². The number of methoxy groups -OCH3 is 1. The molecule has 130 valence electrons. The van der Waals surface area contributed by atoms with Gasteiger partial charge in [-0.3, -0.25) is 9.59 Å². The Balaban J connectivity index is 1.87. The highest BCUT2D eigenvalue weighted by atomic mass is 16.5. The van der Waals surface area contributed by atoms with Crippen molar-refractivity contribution in [3.8, 4) is 0 Å². The van der Waals surface area contributed by atoms with E-state index in [0.717, 1.165) is 12.2 Å². The van der Waals surface area contributed by atoms with E-state index in [1.165, 1.54) is 0 Å². The van der Waals surface area contributed by atoms with E-state index in [4.69, 9.17) is 9.15 Å². The van der Waals surface area contributed by atoms with E-state index in [2.05, 4.69) is 10.3 Å². The molecule has 25 heavy (non-hydrogen) atoms. The Morgan fingerprint density at radius 1 is 1.28 bits per heavy atom. The second-order valence-corrected chi connectivity index (χ2v) is 5.74. The Bertz CT molecular complexity index is 942. The monoisotopic (exact) mass is 340 g/mol. The number of hydrogen-bond acceptors (Lipinski definition) is 4. The van der Waals surface area contributed by atoms with Crippen molar-refractivity contribution in [2.45, 2.75) is 19.4 Å². The molecule has 3 aromatic rings. The zero-order valence-electron chi connectivity index (χ0n) is 14.2. The fraction of sp³-hybridized carbons (Fsp3) is 0.263. The molecule has 0 aliphatic rings. The summed E-state index contributed by atoms with van der Waals surface area (Å²) in [5, 5.41) is 4.11. The first-order chi connectivity index (χ1) is 12.1. The van der Waals surface area contributed by atoms with Crippen LogP contribution in [-0.4, -0.2) is 24.6 Å². The van der Waals surface area contributed by atoms with Gasteiger partial charge in [0.15, 0.2) is 0 Å². The van der Waals surface area contributed by atoms with Crippen LogP contribution in [0.25, 0.3) is 10.8 Å². The first-order valence-electron chi connectivity index (χ1n) is 8.13. The lowest BCUT2D eigenvalue weighted by Crippen LogP contribution is -2.32. The molecule has 0 bridgehead atoms. The van der Waals surface area contributed by atoms with Gasteiger partial charge in [-0.05, 0) is 29.7 Å². The van der Waals surface area contributed by atoms with Gasteiger partial charge in [-0.15, -0.1) is 0 Å². The number of pyridine rings is 1. The van der Waals surface area contributed by atoms with E-state index < -0.39 is 6.04 Å². The standard InChI is InChI=1S/C19H20N2O4/c1-3-13-8-9-17(25-13)16(11-24-2)21-19(23)15-10-12-6-4-5-7-14(12)18(22)20-15/h4-10,16H,3,11H2,1-2H3,(H,20,22)(H,21,23). The van der Waals surface area contributed by atoms with Crippen molar-refractivity contribution in [1.82, 2.24) is 10.3 Å². The molecule has 0 saturated carbocycles. The highest BCUT2D eigenvalue weighted by Gasteiger charge is 2.20. The van der Waals surface area contributed by atoms with Gasteiger partial charge in [-0.1, -0.05) is 25.1 Å². The summed E-state index contributed by atoms with van der Waals surface area (Å²) in [6.45, 7) is 2.26. The molecular formula is C19H20N2O4.